The molecule has 2 atom stereocenters. The van der Waals surface area contributed by atoms with E-state index in [-0.39, 0.29) is 17.5 Å². The van der Waals surface area contributed by atoms with E-state index in [4.69, 9.17) is 10.5 Å². The van der Waals surface area contributed by atoms with Crippen LogP contribution in [-0.2, 0) is 4.79 Å². The molecule has 5 rings (SSSR count). The number of carbonyl (C=O) groups is 1. The lowest BCUT2D eigenvalue weighted by atomic mass is 10.0. The van der Waals surface area contributed by atoms with E-state index < -0.39 is 11.9 Å². The topological polar surface area (TPSA) is 80.5 Å². The third-order valence-corrected chi connectivity index (χ3v) is 6.66. The van der Waals surface area contributed by atoms with E-state index in [9.17, 15) is 4.79 Å². The lowest BCUT2D eigenvalue weighted by molar-refractivity contribution is -0.133. The molecule has 1 aromatic heterocycles. The molecule has 6 nitrogen and oxygen atoms in total. The molecule has 2 heterocycles. The SMILES string of the molecule is CCOc1ccc(F)c([C@@H](Nc2ccc3c(N)nccc3c2)C(=O)N2CCC[C@@H]2c2ccccc2)c1. The number of rotatable bonds is 7. The molecule has 1 aliphatic heterocycles. The number of halogens is 1. The van der Waals surface area contributed by atoms with Crippen molar-refractivity contribution < 1.29 is 13.9 Å². The molecule has 0 unspecified atom stereocenters. The Balaban J connectivity index is 1.54. The molecule has 0 spiro atoms. The number of carbonyl (C=O) groups excluding carboxylic acids is 1. The number of aromatic nitrogens is 1. The molecule has 1 fully saturated rings. The Morgan fingerprint density at radius 1 is 1.17 bits per heavy atom. The highest BCUT2D eigenvalue weighted by molar-refractivity contribution is 5.94. The van der Waals surface area contributed by atoms with Gasteiger partial charge in [-0.25, -0.2) is 9.37 Å². The highest BCUT2D eigenvalue weighted by atomic mass is 19.1. The number of likely N-dealkylation sites (tertiary alicyclic amines) is 1. The van der Waals surface area contributed by atoms with E-state index in [0.29, 0.717) is 30.4 Å². The van der Waals surface area contributed by atoms with E-state index in [1.165, 1.54) is 6.07 Å². The number of hydrogen-bond acceptors (Lipinski definition) is 5. The van der Waals surface area contributed by atoms with Crippen LogP contribution < -0.4 is 15.8 Å². The van der Waals surface area contributed by atoms with Crippen molar-refractivity contribution in [2.45, 2.75) is 31.8 Å². The zero-order chi connectivity index (χ0) is 25.1. The van der Waals surface area contributed by atoms with E-state index in [1.54, 1.807) is 18.3 Å². The van der Waals surface area contributed by atoms with Crippen LogP contribution in [-0.4, -0.2) is 28.9 Å². The van der Waals surface area contributed by atoms with Gasteiger partial charge in [0.05, 0.1) is 12.6 Å². The molecule has 7 heteroatoms. The van der Waals surface area contributed by atoms with Crippen LogP contribution in [0.15, 0.2) is 79.0 Å². The van der Waals surface area contributed by atoms with Gasteiger partial charge in [0.15, 0.2) is 0 Å². The lowest BCUT2D eigenvalue weighted by Gasteiger charge is -2.30. The maximum absolute atomic E-state index is 15.2. The fourth-order valence-electron chi connectivity index (χ4n) is 4.95. The van der Waals surface area contributed by atoms with Crippen molar-refractivity contribution in [2.75, 3.05) is 24.2 Å². The minimum absolute atomic E-state index is 0.0522. The monoisotopic (exact) mass is 484 g/mol. The minimum atomic E-state index is -0.939. The van der Waals surface area contributed by atoms with E-state index in [1.807, 2.05) is 66.4 Å². The van der Waals surface area contributed by atoms with Crippen LogP contribution in [0.3, 0.4) is 0 Å². The summed E-state index contributed by atoms with van der Waals surface area (Å²) >= 11 is 0. The fraction of sp³-hybridized carbons (Fsp3) is 0.241. The zero-order valence-corrected chi connectivity index (χ0v) is 20.2. The summed E-state index contributed by atoms with van der Waals surface area (Å²) < 4.78 is 20.9. The molecule has 3 aromatic carbocycles. The second-order valence-electron chi connectivity index (χ2n) is 8.93. The number of nitrogen functional groups attached to an aromatic ring is 1. The summed E-state index contributed by atoms with van der Waals surface area (Å²) in [6, 6.07) is 21.0. The van der Waals surface area contributed by atoms with Crippen molar-refractivity contribution >= 4 is 28.2 Å². The van der Waals surface area contributed by atoms with Crippen molar-refractivity contribution in [1.29, 1.82) is 0 Å². The summed E-state index contributed by atoms with van der Waals surface area (Å²) in [6.07, 6.45) is 3.40. The van der Waals surface area contributed by atoms with Crippen molar-refractivity contribution in [3.8, 4) is 5.75 Å². The first kappa shape index (κ1) is 23.6. The number of anilines is 2. The maximum atomic E-state index is 15.2. The van der Waals surface area contributed by atoms with Crippen LogP contribution in [0, 0.1) is 5.82 Å². The summed E-state index contributed by atoms with van der Waals surface area (Å²) in [5.41, 5.74) is 8.02. The van der Waals surface area contributed by atoms with Gasteiger partial charge in [0.25, 0.3) is 0 Å². The zero-order valence-electron chi connectivity index (χ0n) is 20.2. The van der Waals surface area contributed by atoms with Gasteiger partial charge in [-0.05, 0) is 73.2 Å². The minimum Gasteiger partial charge on any atom is -0.494 e. The van der Waals surface area contributed by atoms with Crippen LogP contribution in [0.1, 0.15) is 43.0 Å². The van der Waals surface area contributed by atoms with Gasteiger partial charge in [0.2, 0.25) is 5.91 Å². The molecular weight excluding hydrogens is 455 g/mol. The summed E-state index contributed by atoms with van der Waals surface area (Å²) in [4.78, 5) is 20.1. The van der Waals surface area contributed by atoms with Crippen molar-refractivity contribution in [2.24, 2.45) is 0 Å². The standard InChI is InChI=1S/C29H29FN4O2/c1-2-36-22-11-13-25(30)24(18-22)27(33-21-10-12-23-20(17-21)14-15-32-28(23)31)29(35)34-16-6-9-26(34)19-7-4-3-5-8-19/h3-5,7-8,10-15,17-18,26-27,33H,2,6,9,16H2,1H3,(H2,31,32)/t26-,27-/m1/s1. The molecule has 0 aliphatic carbocycles. The fourth-order valence-corrected chi connectivity index (χ4v) is 4.95. The number of nitrogens with two attached hydrogens (primary N) is 1. The normalized spacial score (nSPS) is 16.2. The van der Waals surface area contributed by atoms with Gasteiger partial charge >= 0.3 is 0 Å². The van der Waals surface area contributed by atoms with Crippen LogP contribution in [0.4, 0.5) is 15.9 Å². The lowest BCUT2D eigenvalue weighted by Crippen LogP contribution is -2.38. The second kappa shape index (κ2) is 10.2. The summed E-state index contributed by atoms with van der Waals surface area (Å²) in [7, 11) is 0. The highest BCUT2D eigenvalue weighted by Crippen LogP contribution is 2.36. The number of ether oxygens (including phenoxy) is 1. The molecule has 1 aliphatic rings. The highest BCUT2D eigenvalue weighted by Gasteiger charge is 2.36. The van der Waals surface area contributed by atoms with E-state index in [2.05, 4.69) is 10.3 Å². The quantitative estimate of drug-likeness (QED) is 0.343. The predicted octanol–water partition coefficient (Wildman–Crippen LogP) is 5.87. The summed E-state index contributed by atoms with van der Waals surface area (Å²) in [6.45, 7) is 2.93. The Morgan fingerprint density at radius 2 is 2.00 bits per heavy atom. The largest absolute Gasteiger partial charge is 0.494 e. The van der Waals surface area contributed by atoms with Crippen LogP contribution in [0.25, 0.3) is 10.8 Å². The number of amides is 1. The van der Waals surface area contributed by atoms with Gasteiger partial charge < -0.3 is 20.7 Å². The van der Waals surface area contributed by atoms with Crippen molar-refractivity contribution in [3.05, 3.63) is 95.9 Å². The molecular formula is C29H29FN4O2. The molecule has 0 bridgehead atoms. The first-order chi connectivity index (χ1) is 17.5. The number of pyridine rings is 1. The van der Waals surface area contributed by atoms with E-state index in [0.717, 1.165) is 29.2 Å². The summed E-state index contributed by atoms with van der Waals surface area (Å²) in [5, 5.41) is 5.02. The molecule has 0 radical (unpaired) electrons. The van der Waals surface area contributed by atoms with Gasteiger partial charge in [0.1, 0.15) is 23.4 Å². The average molecular weight is 485 g/mol. The third-order valence-electron chi connectivity index (χ3n) is 6.66. The molecule has 1 amide bonds. The van der Waals surface area contributed by atoms with Crippen LogP contribution in [0.5, 0.6) is 5.75 Å². The molecule has 4 aromatic rings. The Hall–Kier alpha value is -4.13. The first-order valence-corrected chi connectivity index (χ1v) is 12.2. The van der Waals surface area contributed by atoms with Crippen LogP contribution in [0.2, 0.25) is 0 Å². The number of nitrogens with one attached hydrogen (secondary N) is 1. The molecule has 0 saturated carbocycles. The average Bonchev–Trinajstić information content (AvgIpc) is 3.39. The van der Waals surface area contributed by atoms with Gasteiger partial charge in [-0.15, -0.1) is 0 Å². The Bertz CT molecular complexity index is 1380. The van der Waals surface area contributed by atoms with Crippen molar-refractivity contribution in [3.63, 3.8) is 0 Å². The van der Waals surface area contributed by atoms with Gasteiger partial charge in [-0.1, -0.05) is 30.3 Å². The smallest absolute Gasteiger partial charge is 0.250 e. The van der Waals surface area contributed by atoms with Gasteiger partial charge in [0, 0.05) is 29.4 Å². The molecule has 36 heavy (non-hydrogen) atoms. The molecule has 184 valence electrons. The predicted molar refractivity (Wildman–Crippen MR) is 140 cm³/mol. The first-order valence-electron chi connectivity index (χ1n) is 12.2. The number of fused-ring (bicyclic) bond motifs is 1. The van der Waals surface area contributed by atoms with Gasteiger partial charge in [-0.2, -0.15) is 0 Å². The Kier molecular flexibility index (Phi) is 6.71. The molecule has 1 saturated heterocycles. The van der Waals surface area contributed by atoms with Crippen molar-refractivity contribution in [1.82, 2.24) is 9.88 Å². The number of nitrogens with zero attached hydrogens (tertiary/aromatic N) is 2. The van der Waals surface area contributed by atoms with Gasteiger partial charge in [-0.3, -0.25) is 4.79 Å². The van der Waals surface area contributed by atoms with E-state index >= 15 is 4.39 Å². The molecule has 3 N–H and O–H groups in total. The third kappa shape index (κ3) is 4.69. The Labute approximate surface area is 209 Å². The summed E-state index contributed by atoms with van der Waals surface area (Å²) in [5.74, 6) is 0.314. The second-order valence-corrected chi connectivity index (χ2v) is 8.93. The van der Waals surface area contributed by atoms with Crippen LogP contribution >= 0.6 is 0 Å². The Morgan fingerprint density at radius 3 is 2.81 bits per heavy atom. The number of hydrogen-bond donors (Lipinski definition) is 2. The maximum Gasteiger partial charge on any atom is 0.250 e. The number of benzene rings is 3.